The molecule has 0 saturated heterocycles. The van der Waals surface area contributed by atoms with Gasteiger partial charge in [-0.1, -0.05) is 36.7 Å². The molecule has 44 heavy (non-hydrogen) atoms. The van der Waals surface area contributed by atoms with Gasteiger partial charge < -0.3 is 19.5 Å². The number of carbonyl (C=O) groups is 2. The van der Waals surface area contributed by atoms with Crippen LogP contribution in [0.2, 0.25) is 5.02 Å². The molecule has 1 fully saturated rings. The van der Waals surface area contributed by atoms with Gasteiger partial charge in [-0.2, -0.15) is 12.7 Å². The van der Waals surface area contributed by atoms with Crippen molar-refractivity contribution in [3.63, 3.8) is 0 Å². The Labute approximate surface area is 264 Å². The van der Waals surface area contributed by atoms with Gasteiger partial charge in [0.15, 0.2) is 0 Å². The lowest BCUT2D eigenvalue weighted by Gasteiger charge is -2.44. The molecular weight excluding hydrogens is 606 g/mol. The zero-order valence-corrected chi connectivity index (χ0v) is 26.5. The summed E-state index contributed by atoms with van der Waals surface area (Å²) in [6.45, 7) is 3.32. The van der Waals surface area contributed by atoms with E-state index in [1.54, 1.807) is 25.1 Å². The van der Waals surface area contributed by atoms with Crippen LogP contribution in [-0.2, 0) is 32.8 Å². The number of halogens is 1. The fourth-order valence-electron chi connectivity index (χ4n) is 6.24. The fraction of sp³-hybridized carbons (Fsp3) is 0.500. The Morgan fingerprint density at radius 1 is 1.14 bits per heavy atom. The second kappa shape index (κ2) is 14.3. The summed E-state index contributed by atoms with van der Waals surface area (Å²) in [6, 6.07) is 10.9. The summed E-state index contributed by atoms with van der Waals surface area (Å²) < 4.78 is 42.0. The first-order valence-corrected chi connectivity index (χ1v) is 17.1. The van der Waals surface area contributed by atoms with Crippen molar-refractivity contribution in [3.05, 3.63) is 70.3 Å². The van der Waals surface area contributed by atoms with Crippen LogP contribution in [0, 0.1) is 11.8 Å². The topological polar surface area (TPSA) is 125 Å². The fourth-order valence-corrected chi connectivity index (χ4v) is 7.61. The molecule has 2 aromatic rings. The van der Waals surface area contributed by atoms with Gasteiger partial charge >= 0.3 is 16.2 Å². The Bertz CT molecular complexity index is 1500. The maximum atomic E-state index is 13.3. The summed E-state index contributed by atoms with van der Waals surface area (Å²) >= 11 is 6.31. The summed E-state index contributed by atoms with van der Waals surface area (Å²) in [4.78, 5) is 26.9. The Morgan fingerprint density at radius 3 is 2.73 bits per heavy atom. The lowest BCUT2D eigenvalue weighted by Crippen LogP contribution is -2.45. The van der Waals surface area contributed by atoms with Crippen LogP contribution in [0.1, 0.15) is 60.5 Å². The van der Waals surface area contributed by atoms with Crippen molar-refractivity contribution in [2.24, 2.45) is 11.8 Å². The van der Waals surface area contributed by atoms with Crippen LogP contribution in [0.5, 0.6) is 5.75 Å². The molecule has 12 heteroatoms. The number of rotatable bonds is 4. The molecule has 2 heterocycles. The summed E-state index contributed by atoms with van der Waals surface area (Å²) in [7, 11) is -4.11. The van der Waals surface area contributed by atoms with Gasteiger partial charge in [-0.15, -0.1) is 0 Å². The molecule has 3 atom stereocenters. The third-order valence-electron chi connectivity index (χ3n) is 8.78. The van der Waals surface area contributed by atoms with Crippen molar-refractivity contribution in [2.45, 2.75) is 58.2 Å². The molecule has 2 bridgehead atoms. The standard InChI is InChI=1S/C32H40ClN3O7S/c1-2-36-16-6-4-8-29(43-21-31(37)38)27-13-10-24(27)19-35-15-5-3-7-22-17-26(33)12-9-25(22)20-42-30-14-11-23(18-28(30)35)32(39)34-44(36,40)41/h4,8-9,11-12,14,17-18,24,27,29H,2-3,5-7,10,13,15-16,19-21H2,1H3,(H,34,39)(H,37,38)/b8-4+/t24-,27+,29?/m0/s1. The van der Waals surface area contributed by atoms with Crippen LogP contribution in [0.4, 0.5) is 5.69 Å². The molecule has 1 unspecified atom stereocenters. The Hall–Kier alpha value is -3.12. The van der Waals surface area contributed by atoms with E-state index in [0.717, 1.165) is 48.9 Å². The number of fused-ring (bicyclic) bond motifs is 3. The van der Waals surface area contributed by atoms with E-state index in [0.29, 0.717) is 36.9 Å². The quantitative estimate of drug-likeness (QED) is 0.454. The van der Waals surface area contributed by atoms with E-state index in [1.165, 1.54) is 4.31 Å². The van der Waals surface area contributed by atoms with Gasteiger partial charge in [0, 0.05) is 36.8 Å². The molecule has 1 saturated carbocycles. The number of aryl methyl sites for hydroxylation is 1. The van der Waals surface area contributed by atoms with Crippen LogP contribution < -0.4 is 14.4 Å². The van der Waals surface area contributed by atoms with Crippen molar-refractivity contribution in [1.82, 2.24) is 9.03 Å². The third-order valence-corrected chi connectivity index (χ3v) is 10.6. The summed E-state index contributed by atoms with van der Waals surface area (Å²) in [5.41, 5.74) is 3.12. The van der Waals surface area contributed by atoms with E-state index >= 15 is 0 Å². The Kier molecular flexibility index (Phi) is 10.5. The number of hydrogen-bond acceptors (Lipinski definition) is 7. The molecular formula is C32H40ClN3O7S. The minimum atomic E-state index is -4.11. The lowest BCUT2D eigenvalue weighted by molar-refractivity contribution is -0.145. The van der Waals surface area contributed by atoms with Gasteiger partial charge in [0.2, 0.25) is 0 Å². The average molecular weight is 646 g/mol. The molecule has 0 aromatic heterocycles. The molecule has 238 valence electrons. The molecule has 0 spiro atoms. The summed E-state index contributed by atoms with van der Waals surface area (Å²) in [5.74, 6) is -0.812. The summed E-state index contributed by atoms with van der Waals surface area (Å²) in [5, 5.41) is 10.00. The molecule has 5 rings (SSSR count). The van der Waals surface area contributed by atoms with Gasteiger partial charge in [-0.25, -0.2) is 9.52 Å². The van der Waals surface area contributed by atoms with Crippen LogP contribution in [0.25, 0.3) is 0 Å². The van der Waals surface area contributed by atoms with Gasteiger partial charge in [-0.05, 0) is 91.8 Å². The molecule has 2 aromatic carbocycles. The van der Waals surface area contributed by atoms with Gasteiger partial charge in [0.1, 0.15) is 19.0 Å². The van der Waals surface area contributed by atoms with E-state index in [4.69, 9.17) is 21.1 Å². The Balaban J connectivity index is 1.53. The van der Waals surface area contributed by atoms with Gasteiger partial charge in [0.05, 0.1) is 11.8 Å². The molecule has 10 nitrogen and oxygen atoms in total. The minimum absolute atomic E-state index is 0.102. The number of ether oxygens (including phenoxy) is 2. The van der Waals surface area contributed by atoms with Crippen LogP contribution in [0.15, 0.2) is 48.6 Å². The normalized spacial score (nSPS) is 25.2. The average Bonchev–Trinajstić information content (AvgIpc) is 3.00. The second-order valence-electron chi connectivity index (χ2n) is 11.6. The number of carboxylic acids is 1. The molecule has 1 amide bonds. The highest BCUT2D eigenvalue weighted by Crippen LogP contribution is 2.41. The number of carboxylic acid groups (broad SMARTS) is 1. The second-order valence-corrected chi connectivity index (χ2v) is 13.7. The number of nitrogens with zero attached hydrogens (tertiary/aromatic N) is 2. The SMILES string of the molecule is CCN1CC/C=C/C(OCC(=O)O)[C@@H]2CC[C@H]2CN2CCCCc3cc(Cl)ccc3COc3ccc(cc32)C(=O)NS1(=O)=O. The molecule has 2 N–H and O–H groups in total. The van der Waals surface area contributed by atoms with Crippen LogP contribution >= 0.6 is 11.6 Å². The maximum absolute atomic E-state index is 13.3. The van der Waals surface area contributed by atoms with Crippen molar-refractivity contribution in [2.75, 3.05) is 37.7 Å². The first kappa shape index (κ1) is 32.3. The molecule has 2 aliphatic heterocycles. The van der Waals surface area contributed by atoms with E-state index in [2.05, 4.69) is 9.62 Å². The van der Waals surface area contributed by atoms with E-state index < -0.39 is 34.8 Å². The highest BCUT2D eigenvalue weighted by Gasteiger charge is 2.38. The molecule has 1 aliphatic carbocycles. The van der Waals surface area contributed by atoms with Crippen LogP contribution in [0.3, 0.4) is 0 Å². The highest BCUT2D eigenvalue weighted by atomic mass is 35.5. The first-order valence-electron chi connectivity index (χ1n) is 15.3. The first-order chi connectivity index (χ1) is 21.1. The van der Waals surface area contributed by atoms with Crippen molar-refractivity contribution < 1.29 is 32.6 Å². The smallest absolute Gasteiger partial charge is 0.329 e. The largest absolute Gasteiger partial charge is 0.487 e. The number of carbonyl (C=O) groups excluding carboxylic acids is 1. The van der Waals surface area contributed by atoms with Crippen molar-refractivity contribution in [3.8, 4) is 5.75 Å². The summed E-state index contributed by atoms with van der Waals surface area (Å²) in [6.07, 6.45) is 8.20. The minimum Gasteiger partial charge on any atom is -0.487 e. The highest BCUT2D eigenvalue weighted by molar-refractivity contribution is 7.87. The van der Waals surface area contributed by atoms with E-state index in [9.17, 15) is 23.1 Å². The zero-order chi connectivity index (χ0) is 31.3. The number of hydrogen-bond donors (Lipinski definition) is 2. The third kappa shape index (κ3) is 7.74. The Morgan fingerprint density at radius 2 is 1.98 bits per heavy atom. The number of anilines is 1. The van der Waals surface area contributed by atoms with Crippen molar-refractivity contribution >= 4 is 39.4 Å². The van der Waals surface area contributed by atoms with Crippen molar-refractivity contribution in [1.29, 1.82) is 0 Å². The zero-order valence-electron chi connectivity index (χ0n) is 24.9. The predicted octanol–water partition coefficient (Wildman–Crippen LogP) is 4.81. The number of amides is 1. The van der Waals surface area contributed by atoms with Gasteiger partial charge in [-0.3, -0.25) is 4.79 Å². The lowest BCUT2D eigenvalue weighted by atomic mass is 9.70. The van der Waals surface area contributed by atoms with Crippen LogP contribution in [-0.4, -0.2) is 68.6 Å². The van der Waals surface area contributed by atoms with E-state index in [-0.39, 0.29) is 30.5 Å². The number of aliphatic carboxylic acids is 1. The maximum Gasteiger partial charge on any atom is 0.329 e. The number of nitrogens with one attached hydrogen (secondary N) is 1. The molecule has 3 aliphatic rings. The van der Waals surface area contributed by atoms with E-state index in [1.807, 2.05) is 30.4 Å². The number of benzene rings is 2. The monoisotopic (exact) mass is 645 g/mol. The molecule has 0 radical (unpaired) electrons. The van der Waals surface area contributed by atoms with Gasteiger partial charge in [0.25, 0.3) is 5.91 Å². The predicted molar refractivity (Wildman–Crippen MR) is 168 cm³/mol.